The molecule has 0 aliphatic carbocycles. The molecule has 1 aromatic rings. The largest absolute Gasteiger partial charge is 0.394 e. The van der Waals surface area contributed by atoms with Crippen LogP contribution < -0.4 is 5.32 Å². The molecule has 1 atom stereocenters. The third kappa shape index (κ3) is 3.38. The lowest BCUT2D eigenvalue weighted by Gasteiger charge is -2.17. The first kappa shape index (κ1) is 11.0. The molecular weight excluding hydrogens is 178 g/mol. The smallest absolute Gasteiger partial charge is 0.0729 e. The van der Waals surface area contributed by atoms with E-state index < -0.39 is 0 Å². The molecule has 14 heavy (non-hydrogen) atoms. The lowest BCUT2D eigenvalue weighted by Crippen LogP contribution is -2.25. The average Bonchev–Trinajstić information content (AvgIpc) is 2.49. The molecule has 80 valence electrons. The van der Waals surface area contributed by atoms with E-state index in [1.807, 2.05) is 13.2 Å². The van der Waals surface area contributed by atoms with E-state index in [9.17, 15) is 0 Å². The second-order valence-electron chi connectivity index (χ2n) is 4.06. The van der Waals surface area contributed by atoms with Crippen LogP contribution in [-0.4, -0.2) is 27.5 Å². The zero-order valence-corrected chi connectivity index (χ0v) is 9.07. The molecule has 0 aromatic carbocycles. The zero-order chi connectivity index (χ0) is 10.6. The molecule has 4 heteroatoms. The summed E-state index contributed by atoms with van der Waals surface area (Å²) in [5.74, 6) is 0.580. The Morgan fingerprint density at radius 2 is 2.29 bits per heavy atom. The van der Waals surface area contributed by atoms with Gasteiger partial charge in [0, 0.05) is 19.3 Å². The van der Waals surface area contributed by atoms with Gasteiger partial charge in [-0.1, -0.05) is 13.8 Å². The Balaban J connectivity index is 2.48. The summed E-state index contributed by atoms with van der Waals surface area (Å²) in [6.45, 7) is 4.45. The number of hydrogen-bond acceptors (Lipinski definition) is 3. The quantitative estimate of drug-likeness (QED) is 0.746. The highest BCUT2D eigenvalue weighted by molar-refractivity contribution is 5.39. The summed E-state index contributed by atoms with van der Waals surface area (Å²) in [5, 5.41) is 16.5. The number of anilines is 1. The van der Waals surface area contributed by atoms with Crippen molar-refractivity contribution >= 4 is 5.69 Å². The van der Waals surface area contributed by atoms with Crippen LogP contribution in [0.5, 0.6) is 0 Å². The van der Waals surface area contributed by atoms with Crippen molar-refractivity contribution in [3.8, 4) is 0 Å². The van der Waals surface area contributed by atoms with Crippen LogP contribution in [0.25, 0.3) is 0 Å². The maximum atomic E-state index is 9.15. The minimum absolute atomic E-state index is 0.124. The standard InChI is InChI=1S/C10H19N3O/c1-8(2)4-9(7-14)12-10-5-11-13(3)6-10/h5-6,8-9,12,14H,4,7H2,1-3H3/t9-/m1/s1. The number of nitrogens with zero attached hydrogens (tertiary/aromatic N) is 2. The van der Waals surface area contributed by atoms with E-state index >= 15 is 0 Å². The van der Waals surface area contributed by atoms with E-state index in [1.54, 1.807) is 10.9 Å². The van der Waals surface area contributed by atoms with Crippen LogP contribution in [0.1, 0.15) is 20.3 Å². The highest BCUT2D eigenvalue weighted by Gasteiger charge is 2.09. The van der Waals surface area contributed by atoms with Gasteiger partial charge in [-0.3, -0.25) is 4.68 Å². The summed E-state index contributed by atoms with van der Waals surface area (Å²) < 4.78 is 1.74. The molecule has 0 aliphatic rings. The van der Waals surface area contributed by atoms with Crippen molar-refractivity contribution in [1.29, 1.82) is 0 Å². The van der Waals surface area contributed by atoms with Crippen molar-refractivity contribution in [3.63, 3.8) is 0 Å². The number of aromatic nitrogens is 2. The van der Waals surface area contributed by atoms with Crippen LogP contribution >= 0.6 is 0 Å². The first-order valence-electron chi connectivity index (χ1n) is 4.98. The SMILES string of the molecule is CC(C)C[C@H](CO)Nc1cnn(C)c1. The van der Waals surface area contributed by atoms with Gasteiger partial charge in [0.25, 0.3) is 0 Å². The molecule has 0 aliphatic heterocycles. The Morgan fingerprint density at radius 1 is 1.57 bits per heavy atom. The van der Waals surface area contributed by atoms with Crippen molar-refractivity contribution in [2.75, 3.05) is 11.9 Å². The van der Waals surface area contributed by atoms with Crippen molar-refractivity contribution in [3.05, 3.63) is 12.4 Å². The van der Waals surface area contributed by atoms with E-state index in [4.69, 9.17) is 5.11 Å². The van der Waals surface area contributed by atoms with Gasteiger partial charge >= 0.3 is 0 Å². The monoisotopic (exact) mass is 197 g/mol. The topological polar surface area (TPSA) is 50.1 Å². The van der Waals surface area contributed by atoms with Crippen LogP contribution in [-0.2, 0) is 7.05 Å². The molecule has 0 amide bonds. The lowest BCUT2D eigenvalue weighted by atomic mass is 10.0. The van der Waals surface area contributed by atoms with E-state index in [1.165, 1.54) is 0 Å². The highest BCUT2D eigenvalue weighted by atomic mass is 16.3. The van der Waals surface area contributed by atoms with E-state index in [-0.39, 0.29) is 12.6 Å². The Labute approximate surface area is 84.9 Å². The van der Waals surface area contributed by atoms with E-state index in [0.717, 1.165) is 12.1 Å². The van der Waals surface area contributed by atoms with Gasteiger partial charge in [0.05, 0.1) is 18.5 Å². The molecular formula is C10H19N3O. The Bertz CT molecular complexity index is 270. The van der Waals surface area contributed by atoms with Crippen LogP contribution in [0, 0.1) is 5.92 Å². The van der Waals surface area contributed by atoms with Crippen LogP contribution in [0.3, 0.4) is 0 Å². The van der Waals surface area contributed by atoms with Crippen LogP contribution in [0.4, 0.5) is 5.69 Å². The maximum Gasteiger partial charge on any atom is 0.0729 e. The van der Waals surface area contributed by atoms with Crippen molar-refractivity contribution in [2.24, 2.45) is 13.0 Å². The Hall–Kier alpha value is -1.03. The fourth-order valence-corrected chi connectivity index (χ4v) is 1.48. The summed E-state index contributed by atoms with van der Waals surface area (Å²) in [5.41, 5.74) is 0.965. The minimum Gasteiger partial charge on any atom is -0.394 e. The van der Waals surface area contributed by atoms with Crippen LogP contribution in [0.15, 0.2) is 12.4 Å². The predicted octanol–water partition coefficient (Wildman–Crippen LogP) is 1.24. The fourth-order valence-electron chi connectivity index (χ4n) is 1.48. The normalized spacial score (nSPS) is 13.2. The molecule has 0 spiro atoms. The third-order valence-electron chi connectivity index (χ3n) is 2.05. The molecule has 0 unspecified atom stereocenters. The van der Waals surface area contributed by atoms with Gasteiger partial charge in [0.15, 0.2) is 0 Å². The fraction of sp³-hybridized carbons (Fsp3) is 0.700. The number of hydrogen-bond donors (Lipinski definition) is 2. The second kappa shape index (κ2) is 5.00. The first-order valence-corrected chi connectivity index (χ1v) is 4.98. The average molecular weight is 197 g/mol. The molecule has 1 heterocycles. The van der Waals surface area contributed by atoms with Gasteiger partial charge in [0.2, 0.25) is 0 Å². The molecule has 2 N–H and O–H groups in total. The number of aliphatic hydroxyl groups excluding tert-OH is 1. The lowest BCUT2D eigenvalue weighted by molar-refractivity contribution is 0.259. The van der Waals surface area contributed by atoms with Gasteiger partial charge in [-0.2, -0.15) is 5.10 Å². The zero-order valence-electron chi connectivity index (χ0n) is 9.07. The summed E-state index contributed by atoms with van der Waals surface area (Å²) >= 11 is 0. The molecule has 0 saturated carbocycles. The van der Waals surface area contributed by atoms with Crippen molar-refractivity contribution in [1.82, 2.24) is 9.78 Å². The number of aliphatic hydroxyl groups is 1. The Morgan fingerprint density at radius 3 is 2.71 bits per heavy atom. The summed E-state index contributed by atoms with van der Waals surface area (Å²) in [6.07, 6.45) is 4.64. The van der Waals surface area contributed by atoms with Crippen LogP contribution in [0.2, 0.25) is 0 Å². The van der Waals surface area contributed by atoms with Crippen molar-refractivity contribution in [2.45, 2.75) is 26.3 Å². The first-order chi connectivity index (χ1) is 6.61. The van der Waals surface area contributed by atoms with Gasteiger partial charge in [-0.25, -0.2) is 0 Å². The van der Waals surface area contributed by atoms with Gasteiger partial charge in [-0.15, -0.1) is 0 Å². The molecule has 0 bridgehead atoms. The molecule has 0 fully saturated rings. The van der Waals surface area contributed by atoms with Gasteiger partial charge in [0.1, 0.15) is 0 Å². The maximum absolute atomic E-state index is 9.15. The molecule has 1 rings (SSSR count). The summed E-state index contributed by atoms with van der Waals surface area (Å²) in [4.78, 5) is 0. The van der Waals surface area contributed by atoms with Crippen molar-refractivity contribution < 1.29 is 5.11 Å². The summed E-state index contributed by atoms with van der Waals surface area (Å²) in [7, 11) is 1.88. The number of aryl methyl sites for hydroxylation is 1. The Kier molecular flexibility index (Phi) is 3.95. The third-order valence-corrected chi connectivity index (χ3v) is 2.05. The van der Waals surface area contributed by atoms with Gasteiger partial charge in [-0.05, 0) is 12.3 Å². The summed E-state index contributed by atoms with van der Waals surface area (Å²) in [6, 6.07) is 0.124. The second-order valence-corrected chi connectivity index (χ2v) is 4.06. The number of rotatable bonds is 5. The number of nitrogens with one attached hydrogen (secondary N) is 1. The van der Waals surface area contributed by atoms with E-state index in [0.29, 0.717) is 5.92 Å². The molecule has 1 aromatic heterocycles. The predicted molar refractivity (Wildman–Crippen MR) is 57.2 cm³/mol. The molecule has 0 radical (unpaired) electrons. The highest BCUT2D eigenvalue weighted by Crippen LogP contribution is 2.11. The molecule has 0 saturated heterocycles. The minimum atomic E-state index is 0.124. The molecule has 4 nitrogen and oxygen atoms in total. The van der Waals surface area contributed by atoms with E-state index in [2.05, 4.69) is 24.3 Å². The van der Waals surface area contributed by atoms with Gasteiger partial charge < -0.3 is 10.4 Å².